The molecule has 0 heterocycles. The SMILES string of the molecule is CC/C=C\C/C=C\C/C=C\C/C=C\C/C=C\C/C=C\C/C=C\C/C=C\C/C=C\C/C=C\CCCCCCCCCCC(=O)OC(COC(=O)CCCCCCCCCCCCC/C=C\C/C=C\C/C=C\C/C=C\C/C=C\C/C=C\C/C=C\CC)COC(OCC[N+](C)(C)C)C(=O)O. The van der Waals surface area contributed by atoms with Gasteiger partial charge < -0.3 is 28.5 Å². The summed E-state index contributed by atoms with van der Waals surface area (Å²) < 4.78 is 23.0. The van der Waals surface area contributed by atoms with E-state index >= 15 is 0 Å². The van der Waals surface area contributed by atoms with E-state index in [0.29, 0.717) is 17.4 Å². The van der Waals surface area contributed by atoms with Gasteiger partial charge in [-0.05, 0) is 148 Å². The number of allylic oxidation sites excluding steroid dienone is 34. The van der Waals surface area contributed by atoms with Crippen molar-refractivity contribution in [1.82, 2.24) is 0 Å². The van der Waals surface area contributed by atoms with Gasteiger partial charge >= 0.3 is 17.9 Å². The summed E-state index contributed by atoms with van der Waals surface area (Å²) in [4.78, 5) is 37.7. The fourth-order valence-electron chi connectivity index (χ4n) is 9.79. The van der Waals surface area contributed by atoms with E-state index < -0.39 is 24.3 Å². The number of hydrogen-bond acceptors (Lipinski definition) is 7. The number of unbranched alkanes of at least 4 members (excludes halogenated alkanes) is 19. The number of quaternary nitrogens is 1. The van der Waals surface area contributed by atoms with Gasteiger partial charge in [0.15, 0.2) is 6.10 Å². The van der Waals surface area contributed by atoms with Gasteiger partial charge in [-0.3, -0.25) is 9.59 Å². The summed E-state index contributed by atoms with van der Waals surface area (Å²) in [6.07, 6.45) is 115. The van der Waals surface area contributed by atoms with Crippen molar-refractivity contribution < 1.29 is 42.9 Å². The molecule has 9 nitrogen and oxygen atoms in total. The number of carboxylic acid groups (broad SMARTS) is 1. The first-order valence-corrected chi connectivity index (χ1v) is 38.2. The van der Waals surface area contributed by atoms with Crippen molar-refractivity contribution in [3.63, 3.8) is 0 Å². The zero-order valence-corrected chi connectivity index (χ0v) is 62.1. The number of carbonyl (C=O) groups is 3. The Morgan fingerprint density at radius 3 is 0.825 bits per heavy atom. The van der Waals surface area contributed by atoms with Crippen LogP contribution in [0.5, 0.6) is 0 Å². The highest BCUT2D eigenvalue weighted by atomic mass is 16.7. The highest BCUT2D eigenvalue weighted by Gasteiger charge is 2.25. The van der Waals surface area contributed by atoms with Gasteiger partial charge in [0.1, 0.15) is 13.2 Å². The summed E-state index contributed by atoms with van der Waals surface area (Å²) >= 11 is 0. The minimum atomic E-state index is -1.53. The van der Waals surface area contributed by atoms with Crippen LogP contribution in [-0.4, -0.2) is 87.4 Å². The van der Waals surface area contributed by atoms with Gasteiger partial charge in [-0.1, -0.05) is 317 Å². The second-order valence-corrected chi connectivity index (χ2v) is 25.8. The minimum absolute atomic E-state index is 0.175. The number of ether oxygens (including phenoxy) is 4. The number of carbonyl (C=O) groups excluding carboxylic acids is 2. The highest BCUT2D eigenvalue weighted by Crippen LogP contribution is 2.16. The third kappa shape index (κ3) is 77.1. The molecule has 0 aliphatic heterocycles. The average molecular weight is 1340 g/mol. The molecule has 0 spiro atoms. The Morgan fingerprint density at radius 1 is 0.309 bits per heavy atom. The molecule has 0 aliphatic rings. The first-order chi connectivity index (χ1) is 47.6. The maximum Gasteiger partial charge on any atom is 0.361 e. The molecule has 0 aromatic carbocycles. The second kappa shape index (κ2) is 75.6. The van der Waals surface area contributed by atoms with E-state index in [0.717, 1.165) is 167 Å². The first-order valence-electron chi connectivity index (χ1n) is 38.2. The van der Waals surface area contributed by atoms with E-state index in [1.807, 2.05) is 21.1 Å². The van der Waals surface area contributed by atoms with Crippen molar-refractivity contribution in [2.45, 2.75) is 283 Å². The predicted octanol–water partition coefficient (Wildman–Crippen LogP) is 24.7. The summed E-state index contributed by atoms with van der Waals surface area (Å²) in [5, 5.41) is 9.77. The summed E-state index contributed by atoms with van der Waals surface area (Å²) in [7, 11) is 5.96. The number of carboxylic acids is 1. The minimum Gasteiger partial charge on any atom is -0.477 e. The van der Waals surface area contributed by atoms with Crippen molar-refractivity contribution in [3.05, 3.63) is 207 Å². The van der Waals surface area contributed by atoms with Crippen LogP contribution in [0.15, 0.2) is 207 Å². The summed E-state index contributed by atoms with van der Waals surface area (Å²) in [5.74, 6) is -2.04. The predicted molar refractivity (Wildman–Crippen MR) is 418 cm³/mol. The van der Waals surface area contributed by atoms with Gasteiger partial charge in [0, 0.05) is 12.8 Å². The van der Waals surface area contributed by atoms with Crippen molar-refractivity contribution in [3.8, 4) is 0 Å². The molecule has 0 radical (unpaired) electrons. The number of likely N-dealkylation sites (N-methyl/N-ethyl adjacent to an activating group) is 1. The standard InChI is InChI=1S/C88H139NO8/c1-6-8-10-12-14-16-18-20-22-24-26-28-30-32-34-36-38-40-41-42-43-44-45-47-49-51-53-55-57-59-61-63-65-67-69-71-73-75-77-79-86(91)97-84(83-96-88(87(92)93)94-81-80-89(3,4)5)82-95-85(90)78-76-74-72-70-68-66-64-62-60-58-56-54-52-50-48-46-39-37-35-33-31-29-27-25-23-21-19-17-15-13-11-9-7-2/h8-11,14-17,20-23,26-29,32-35,38-40,42-43,45-47,50-53,57,59,84,88H,6-7,12-13,18-19,24-25,30-31,36-37,41,44,48-49,54-56,58,60-83H2,1-5H3/p+1/b10-8-,11-9-,16-14-,17-15-,22-20-,23-21-,28-26-,29-27-,34-32-,35-33-,40-38-,43-42-,46-39-,47-45-,52-50-,53-51-,59-57-. The van der Waals surface area contributed by atoms with Crippen molar-refractivity contribution >= 4 is 17.9 Å². The fraction of sp³-hybridized carbons (Fsp3) is 0.580. The Labute approximate surface area is 594 Å². The molecule has 0 fully saturated rings. The molecule has 2 unspecified atom stereocenters. The summed E-state index contributed by atoms with van der Waals surface area (Å²) in [6, 6.07) is 0. The van der Waals surface area contributed by atoms with E-state index in [4.69, 9.17) is 18.9 Å². The van der Waals surface area contributed by atoms with E-state index in [-0.39, 0.29) is 38.6 Å². The van der Waals surface area contributed by atoms with E-state index in [1.165, 1.54) is 70.6 Å². The molecule has 544 valence electrons. The molecule has 1 N–H and O–H groups in total. The Bertz CT molecular complexity index is 2350. The average Bonchev–Trinajstić information content (AvgIpc) is 2.39. The van der Waals surface area contributed by atoms with Crippen LogP contribution in [0.25, 0.3) is 0 Å². The van der Waals surface area contributed by atoms with Crippen LogP contribution >= 0.6 is 0 Å². The van der Waals surface area contributed by atoms with Crippen LogP contribution in [0.4, 0.5) is 0 Å². The maximum atomic E-state index is 13.0. The largest absolute Gasteiger partial charge is 0.477 e. The van der Waals surface area contributed by atoms with E-state index in [1.54, 1.807) is 0 Å². The normalized spacial score (nSPS) is 13.9. The molecule has 0 bridgehead atoms. The van der Waals surface area contributed by atoms with Crippen LogP contribution in [-0.2, 0) is 33.3 Å². The smallest absolute Gasteiger partial charge is 0.361 e. The van der Waals surface area contributed by atoms with Crippen LogP contribution in [0.2, 0.25) is 0 Å². The molecule has 0 saturated carbocycles. The van der Waals surface area contributed by atoms with Crippen LogP contribution in [0, 0.1) is 0 Å². The van der Waals surface area contributed by atoms with Crippen molar-refractivity contribution in [2.75, 3.05) is 47.5 Å². The quantitative estimate of drug-likeness (QED) is 0.0211. The highest BCUT2D eigenvalue weighted by molar-refractivity contribution is 5.71. The lowest BCUT2D eigenvalue weighted by Gasteiger charge is -2.25. The molecule has 0 saturated heterocycles. The molecule has 0 aromatic heterocycles. The zero-order valence-electron chi connectivity index (χ0n) is 62.1. The maximum absolute atomic E-state index is 13.0. The molecule has 0 rings (SSSR count). The third-order valence-electron chi connectivity index (χ3n) is 15.5. The molecule has 0 aromatic rings. The Hall–Kier alpha value is -6.13. The molecular formula is C88H140NO8+. The van der Waals surface area contributed by atoms with Crippen LogP contribution in [0.3, 0.4) is 0 Å². The van der Waals surface area contributed by atoms with E-state index in [2.05, 4.69) is 220 Å². The monoisotopic (exact) mass is 1340 g/mol. The molecule has 0 aliphatic carbocycles. The summed E-state index contributed by atoms with van der Waals surface area (Å²) in [5.41, 5.74) is 0. The number of hydrogen-bond donors (Lipinski definition) is 1. The van der Waals surface area contributed by atoms with Gasteiger partial charge in [-0.15, -0.1) is 0 Å². The lowest BCUT2D eigenvalue weighted by molar-refractivity contribution is -0.870. The Morgan fingerprint density at radius 2 is 0.557 bits per heavy atom. The van der Waals surface area contributed by atoms with E-state index in [9.17, 15) is 19.5 Å². The van der Waals surface area contributed by atoms with Gasteiger partial charge in [-0.2, -0.15) is 0 Å². The number of aliphatic carboxylic acids is 1. The summed E-state index contributed by atoms with van der Waals surface area (Å²) in [6.45, 7) is 4.62. The van der Waals surface area contributed by atoms with Crippen molar-refractivity contribution in [1.29, 1.82) is 0 Å². The molecule has 97 heavy (non-hydrogen) atoms. The van der Waals surface area contributed by atoms with Crippen LogP contribution < -0.4 is 0 Å². The molecule has 0 amide bonds. The van der Waals surface area contributed by atoms with Gasteiger partial charge in [0.05, 0.1) is 34.4 Å². The molecule has 2 atom stereocenters. The van der Waals surface area contributed by atoms with Crippen molar-refractivity contribution in [2.24, 2.45) is 0 Å². The van der Waals surface area contributed by atoms with Gasteiger partial charge in [0.2, 0.25) is 0 Å². The molecular weight excluding hydrogens is 1200 g/mol. The fourth-order valence-corrected chi connectivity index (χ4v) is 9.79. The number of nitrogens with zero attached hydrogens (tertiary/aromatic N) is 1. The van der Waals surface area contributed by atoms with Gasteiger partial charge in [-0.25, -0.2) is 4.79 Å². The first kappa shape index (κ1) is 90.9. The lowest BCUT2D eigenvalue weighted by Crippen LogP contribution is -2.40. The number of esters is 2. The van der Waals surface area contributed by atoms with Gasteiger partial charge in [0.25, 0.3) is 6.29 Å². The Balaban J connectivity index is 4.18. The lowest BCUT2D eigenvalue weighted by atomic mass is 10.0. The third-order valence-corrected chi connectivity index (χ3v) is 15.5. The second-order valence-electron chi connectivity index (χ2n) is 25.8. The zero-order chi connectivity index (χ0) is 70.4. The molecule has 9 heteroatoms. The van der Waals surface area contributed by atoms with Crippen LogP contribution in [0.1, 0.15) is 271 Å². The Kier molecular flexibility index (Phi) is 70.9. The number of rotatable bonds is 68. The topological polar surface area (TPSA) is 108 Å².